The minimum Gasteiger partial charge on any atom is -0.493 e. The molecule has 8 nitrogen and oxygen atoms in total. The zero-order valence-corrected chi connectivity index (χ0v) is 15.3. The van der Waals surface area contributed by atoms with Gasteiger partial charge in [-0.15, -0.1) is 0 Å². The summed E-state index contributed by atoms with van der Waals surface area (Å²) in [5.41, 5.74) is 0.675. The van der Waals surface area contributed by atoms with E-state index < -0.39 is 5.92 Å². The van der Waals surface area contributed by atoms with E-state index in [1.54, 1.807) is 30.2 Å². The molecule has 1 aliphatic rings. The first-order valence-corrected chi connectivity index (χ1v) is 8.50. The number of hydrogen-bond acceptors (Lipinski definition) is 5. The standard InChI is InChI=1S/C18H25N3O5/c1-12(22)19-7-4-8-20-18(24)13-9-17(23)21(11-13)14-5-6-15(25-2)16(10-14)26-3/h5-6,10,13H,4,7-9,11H2,1-3H3,(H,19,22)(H,20,24). The first-order chi connectivity index (χ1) is 12.5. The molecule has 1 unspecified atom stereocenters. The molecule has 1 atom stereocenters. The molecule has 1 fully saturated rings. The summed E-state index contributed by atoms with van der Waals surface area (Å²) in [5.74, 6) is 0.374. The highest BCUT2D eigenvalue weighted by molar-refractivity contribution is 6.00. The van der Waals surface area contributed by atoms with Crippen LogP contribution in [0.4, 0.5) is 5.69 Å². The van der Waals surface area contributed by atoms with E-state index in [1.807, 2.05) is 0 Å². The number of anilines is 1. The van der Waals surface area contributed by atoms with Gasteiger partial charge < -0.3 is 25.0 Å². The highest BCUT2D eigenvalue weighted by Crippen LogP contribution is 2.34. The van der Waals surface area contributed by atoms with Crippen molar-refractivity contribution in [2.75, 3.05) is 38.8 Å². The van der Waals surface area contributed by atoms with Crippen molar-refractivity contribution in [2.45, 2.75) is 19.8 Å². The van der Waals surface area contributed by atoms with E-state index >= 15 is 0 Å². The number of rotatable bonds is 8. The maximum Gasteiger partial charge on any atom is 0.227 e. The highest BCUT2D eigenvalue weighted by Gasteiger charge is 2.35. The van der Waals surface area contributed by atoms with Gasteiger partial charge in [-0.25, -0.2) is 0 Å². The van der Waals surface area contributed by atoms with Crippen molar-refractivity contribution in [3.63, 3.8) is 0 Å². The number of amides is 3. The number of benzene rings is 1. The largest absolute Gasteiger partial charge is 0.493 e. The Morgan fingerprint density at radius 1 is 1.15 bits per heavy atom. The third kappa shape index (κ3) is 4.87. The van der Waals surface area contributed by atoms with Gasteiger partial charge in [0.2, 0.25) is 17.7 Å². The van der Waals surface area contributed by atoms with Crippen molar-refractivity contribution >= 4 is 23.4 Å². The van der Waals surface area contributed by atoms with Crippen LogP contribution < -0.4 is 25.0 Å². The molecule has 8 heteroatoms. The highest BCUT2D eigenvalue weighted by atomic mass is 16.5. The second-order valence-corrected chi connectivity index (χ2v) is 6.07. The van der Waals surface area contributed by atoms with Crippen LogP contribution in [0.1, 0.15) is 19.8 Å². The van der Waals surface area contributed by atoms with E-state index in [2.05, 4.69) is 10.6 Å². The number of ether oxygens (including phenoxy) is 2. The minimum atomic E-state index is -0.392. The normalized spacial score (nSPS) is 16.3. The SMILES string of the molecule is COc1ccc(N2CC(C(=O)NCCCNC(C)=O)CC2=O)cc1OC. The molecular formula is C18H25N3O5. The van der Waals surface area contributed by atoms with Gasteiger partial charge in [-0.2, -0.15) is 0 Å². The summed E-state index contributed by atoms with van der Waals surface area (Å²) >= 11 is 0. The fourth-order valence-corrected chi connectivity index (χ4v) is 2.83. The summed E-state index contributed by atoms with van der Waals surface area (Å²) in [6, 6.07) is 5.23. The number of carbonyl (C=O) groups is 3. The predicted molar refractivity (Wildman–Crippen MR) is 96.3 cm³/mol. The molecule has 0 aromatic heterocycles. The van der Waals surface area contributed by atoms with E-state index in [9.17, 15) is 14.4 Å². The Hall–Kier alpha value is -2.77. The van der Waals surface area contributed by atoms with Crippen molar-refractivity contribution < 1.29 is 23.9 Å². The van der Waals surface area contributed by atoms with Crippen LogP contribution in [-0.4, -0.2) is 51.6 Å². The molecule has 1 aromatic carbocycles. The first-order valence-electron chi connectivity index (χ1n) is 8.50. The van der Waals surface area contributed by atoms with Crippen LogP contribution in [0.2, 0.25) is 0 Å². The second-order valence-electron chi connectivity index (χ2n) is 6.07. The molecule has 2 N–H and O–H groups in total. The Balaban J connectivity index is 1.91. The summed E-state index contributed by atoms with van der Waals surface area (Å²) in [5, 5.41) is 5.49. The molecule has 26 heavy (non-hydrogen) atoms. The maximum absolute atomic E-state index is 12.3. The van der Waals surface area contributed by atoms with Crippen molar-refractivity contribution in [3.05, 3.63) is 18.2 Å². The van der Waals surface area contributed by atoms with Crippen molar-refractivity contribution in [1.82, 2.24) is 10.6 Å². The van der Waals surface area contributed by atoms with Gasteiger partial charge in [-0.05, 0) is 18.6 Å². The summed E-state index contributed by atoms with van der Waals surface area (Å²) in [4.78, 5) is 37.0. The Kier molecular flexibility index (Phi) is 6.82. The van der Waals surface area contributed by atoms with E-state index in [0.29, 0.717) is 43.2 Å². The molecule has 3 amide bonds. The van der Waals surface area contributed by atoms with Gasteiger partial charge in [0.1, 0.15) is 0 Å². The summed E-state index contributed by atoms with van der Waals surface area (Å²) < 4.78 is 10.5. The van der Waals surface area contributed by atoms with Crippen LogP contribution in [0.3, 0.4) is 0 Å². The monoisotopic (exact) mass is 363 g/mol. The van der Waals surface area contributed by atoms with Gasteiger partial charge in [0.15, 0.2) is 11.5 Å². The number of nitrogens with one attached hydrogen (secondary N) is 2. The van der Waals surface area contributed by atoms with E-state index in [4.69, 9.17) is 9.47 Å². The minimum absolute atomic E-state index is 0.0942. The molecule has 0 bridgehead atoms. The number of methoxy groups -OCH3 is 2. The van der Waals surface area contributed by atoms with Gasteiger partial charge in [-0.1, -0.05) is 0 Å². The van der Waals surface area contributed by atoms with Crippen LogP contribution in [-0.2, 0) is 14.4 Å². The lowest BCUT2D eigenvalue weighted by Gasteiger charge is -2.18. The molecule has 142 valence electrons. The molecule has 1 heterocycles. The van der Waals surface area contributed by atoms with Gasteiger partial charge in [0.25, 0.3) is 0 Å². The molecular weight excluding hydrogens is 338 g/mol. The average Bonchev–Trinajstić information content (AvgIpc) is 3.02. The maximum atomic E-state index is 12.3. The van der Waals surface area contributed by atoms with E-state index in [-0.39, 0.29) is 24.1 Å². The van der Waals surface area contributed by atoms with Crippen molar-refractivity contribution in [2.24, 2.45) is 5.92 Å². The lowest BCUT2D eigenvalue weighted by Crippen LogP contribution is -2.34. The van der Waals surface area contributed by atoms with Crippen LogP contribution in [0.15, 0.2) is 18.2 Å². The number of hydrogen-bond donors (Lipinski definition) is 2. The Morgan fingerprint density at radius 3 is 2.50 bits per heavy atom. The Morgan fingerprint density at radius 2 is 1.85 bits per heavy atom. The molecule has 1 aliphatic heterocycles. The molecule has 1 saturated heterocycles. The summed E-state index contributed by atoms with van der Waals surface area (Å²) in [7, 11) is 3.08. The first kappa shape index (κ1) is 19.6. The zero-order valence-electron chi connectivity index (χ0n) is 15.3. The smallest absolute Gasteiger partial charge is 0.227 e. The van der Waals surface area contributed by atoms with Crippen molar-refractivity contribution in [1.29, 1.82) is 0 Å². The van der Waals surface area contributed by atoms with Crippen molar-refractivity contribution in [3.8, 4) is 11.5 Å². The Labute approximate surface area is 152 Å². The molecule has 1 aromatic rings. The Bertz CT molecular complexity index is 677. The van der Waals surface area contributed by atoms with Crippen LogP contribution in [0.5, 0.6) is 11.5 Å². The fourth-order valence-electron chi connectivity index (χ4n) is 2.83. The summed E-state index contributed by atoms with van der Waals surface area (Å²) in [6.45, 7) is 2.74. The quantitative estimate of drug-likeness (QED) is 0.663. The lowest BCUT2D eigenvalue weighted by atomic mass is 10.1. The van der Waals surface area contributed by atoms with Gasteiger partial charge >= 0.3 is 0 Å². The fraction of sp³-hybridized carbons (Fsp3) is 0.500. The molecule has 0 saturated carbocycles. The third-order valence-corrected chi connectivity index (χ3v) is 4.20. The number of carbonyl (C=O) groups excluding carboxylic acids is 3. The van der Waals surface area contributed by atoms with Crippen LogP contribution >= 0.6 is 0 Å². The molecule has 0 spiro atoms. The lowest BCUT2D eigenvalue weighted by molar-refractivity contribution is -0.126. The zero-order chi connectivity index (χ0) is 19.1. The van der Waals surface area contributed by atoms with Crippen LogP contribution in [0.25, 0.3) is 0 Å². The molecule has 0 aliphatic carbocycles. The van der Waals surface area contributed by atoms with Crippen LogP contribution in [0, 0.1) is 5.92 Å². The average molecular weight is 363 g/mol. The predicted octanol–water partition coefficient (Wildman–Crippen LogP) is 0.699. The van der Waals surface area contributed by atoms with Gasteiger partial charge in [0, 0.05) is 44.7 Å². The number of nitrogens with zero attached hydrogens (tertiary/aromatic N) is 1. The van der Waals surface area contributed by atoms with Gasteiger partial charge in [0.05, 0.1) is 20.1 Å². The van der Waals surface area contributed by atoms with E-state index in [0.717, 1.165) is 0 Å². The third-order valence-electron chi connectivity index (χ3n) is 4.20. The topological polar surface area (TPSA) is 97.0 Å². The van der Waals surface area contributed by atoms with Gasteiger partial charge in [-0.3, -0.25) is 14.4 Å². The second kappa shape index (κ2) is 9.07. The summed E-state index contributed by atoms with van der Waals surface area (Å²) in [6.07, 6.45) is 0.817. The van der Waals surface area contributed by atoms with E-state index in [1.165, 1.54) is 14.0 Å². The molecule has 2 rings (SSSR count). The molecule has 0 radical (unpaired) electrons.